The Balaban J connectivity index is 2.12. The maximum Gasteiger partial charge on any atom is 0.128 e. The summed E-state index contributed by atoms with van der Waals surface area (Å²) in [6, 6.07) is 14.9. The lowest BCUT2D eigenvalue weighted by Crippen LogP contribution is -1.89. The summed E-state index contributed by atoms with van der Waals surface area (Å²) in [5.74, 6) is 1.41. The molecule has 0 fully saturated rings. The summed E-state index contributed by atoms with van der Waals surface area (Å²) in [6.07, 6.45) is 0.400. The third kappa shape index (κ3) is 3.57. The van der Waals surface area contributed by atoms with Gasteiger partial charge in [-0.3, -0.25) is 0 Å². The summed E-state index contributed by atoms with van der Waals surface area (Å²) in [5.41, 5.74) is 1.78. The molecule has 2 rings (SSSR count). The van der Waals surface area contributed by atoms with Crippen molar-refractivity contribution >= 4 is 15.9 Å². The molecule has 0 heterocycles. The third-order valence-corrected chi connectivity index (χ3v) is 3.38. The third-order valence-electron chi connectivity index (χ3n) is 2.64. The van der Waals surface area contributed by atoms with Gasteiger partial charge in [0.1, 0.15) is 11.5 Å². The number of rotatable bonds is 4. The van der Waals surface area contributed by atoms with Gasteiger partial charge < -0.3 is 9.84 Å². The van der Waals surface area contributed by atoms with E-state index >= 15 is 0 Å². The van der Waals surface area contributed by atoms with E-state index in [0.717, 1.165) is 15.6 Å². The number of halogens is 1. The van der Waals surface area contributed by atoms with E-state index in [-0.39, 0.29) is 6.61 Å². The first-order chi connectivity index (χ1) is 9.22. The van der Waals surface area contributed by atoms with Gasteiger partial charge >= 0.3 is 0 Å². The summed E-state index contributed by atoms with van der Waals surface area (Å²) in [5, 5.41) is 17.7. The second kappa shape index (κ2) is 6.37. The number of benzene rings is 2. The number of hydrogen-bond acceptors (Lipinski definition) is 3. The van der Waals surface area contributed by atoms with Crippen molar-refractivity contribution in [2.24, 2.45) is 0 Å². The van der Waals surface area contributed by atoms with Gasteiger partial charge in [-0.05, 0) is 35.4 Å². The standard InChI is InChI=1S/C15H12BrNO2/c16-15-9-14(6-3-12(15)10-18)19-13-4-1-11(2-5-13)7-8-17/h1-6,9,18H,7,10H2. The SMILES string of the molecule is N#CCc1ccc(Oc2ccc(CO)c(Br)c2)cc1. The lowest BCUT2D eigenvalue weighted by molar-refractivity contribution is 0.281. The fourth-order valence-corrected chi connectivity index (χ4v) is 2.11. The summed E-state index contributed by atoms with van der Waals surface area (Å²) in [7, 11) is 0. The molecule has 0 aliphatic carbocycles. The highest BCUT2D eigenvalue weighted by atomic mass is 79.9. The largest absolute Gasteiger partial charge is 0.457 e. The molecule has 0 unspecified atom stereocenters. The van der Waals surface area contributed by atoms with E-state index in [1.54, 1.807) is 6.07 Å². The van der Waals surface area contributed by atoms with Crippen molar-refractivity contribution in [1.82, 2.24) is 0 Å². The van der Waals surface area contributed by atoms with Gasteiger partial charge in [0, 0.05) is 4.47 Å². The molecule has 3 nitrogen and oxygen atoms in total. The van der Waals surface area contributed by atoms with Crippen molar-refractivity contribution in [3.63, 3.8) is 0 Å². The minimum absolute atomic E-state index is 0.0102. The second-order valence-corrected chi connectivity index (χ2v) is 4.85. The van der Waals surface area contributed by atoms with E-state index in [9.17, 15) is 0 Å². The number of nitriles is 1. The fraction of sp³-hybridized carbons (Fsp3) is 0.133. The smallest absolute Gasteiger partial charge is 0.128 e. The van der Waals surface area contributed by atoms with Crippen molar-refractivity contribution in [1.29, 1.82) is 5.26 Å². The van der Waals surface area contributed by atoms with Gasteiger partial charge in [-0.25, -0.2) is 0 Å². The lowest BCUT2D eigenvalue weighted by Gasteiger charge is -2.08. The molecule has 2 aromatic rings. The molecule has 19 heavy (non-hydrogen) atoms. The second-order valence-electron chi connectivity index (χ2n) is 3.99. The summed E-state index contributed by atoms with van der Waals surface area (Å²) in [4.78, 5) is 0. The Morgan fingerprint density at radius 3 is 2.37 bits per heavy atom. The van der Waals surface area contributed by atoms with Gasteiger partial charge in [0.15, 0.2) is 0 Å². The van der Waals surface area contributed by atoms with Crippen LogP contribution in [0.1, 0.15) is 11.1 Å². The number of nitrogens with zero attached hydrogens (tertiary/aromatic N) is 1. The van der Waals surface area contributed by atoms with Crippen LogP contribution in [-0.4, -0.2) is 5.11 Å². The zero-order valence-corrected chi connectivity index (χ0v) is 11.7. The maximum absolute atomic E-state index is 9.08. The molecule has 1 N–H and O–H groups in total. The molecule has 0 bridgehead atoms. The topological polar surface area (TPSA) is 53.2 Å². The number of hydrogen-bond donors (Lipinski definition) is 1. The van der Waals surface area contributed by atoms with E-state index in [1.807, 2.05) is 36.4 Å². The zero-order chi connectivity index (χ0) is 13.7. The Bertz CT molecular complexity index is 603. The maximum atomic E-state index is 9.08. The first kappa shape index (κ1) is 13.6. The van der Waals surface area contributed by atoms with Crippen LogP contribution in [-0.2, 0) is 13.0 Å². The van der Waals surface area contributed by atoms with E-state index in [4.69, 9.17) is 15.1 Å². The van der Waals surface area contributed by atoms with Crippen LogP contribution < -0.4 is 4.74 Å². The van der Waals surface area contributed by atoms with Crippen LogP contribution in [0.5, 0.6) is 11.5 Å². The molecular weight excluding hydrogens is 306 g/mol. The molecule has 96 valence electrons. The molecule has 0 radical (unpaired) electrons. The van der Waals surface area contributed by atoms with E-state index in [0.29, 0.717) is 17.9 Å². The van der Waals surface area contributed by atoms with Gasteiger partial charge in [-0.2, -0.15) is 5.26 Å². The van der Waals surface area contributed by atoms with Crippen molar-refractivity contribution < 1.29 is 9.84 Å². The highest BCUT2D eigenvalue weighted by Crippen LogP contribution is 2.27. The minimum Gasteiger partial charge on any atom is -0.457 e. The summed E-state index contributed by atoms with van der Waals surface area (Å²) in [6.45, 7) is -0.0102. The van der Waals surface area contributed by atoms with Crippen LogP contribution in [0.3, 0.4) is 0 Å². The molecule has 0 atom stereocenters. The molecule has 0 amide bonds. The van der Waals surface area contributed by atoms with Crippen LogP contribution in [0.2, 0.25) is 0 Å². The Kier molecular flexibility index (Phi) is 4.56. The predicted octanol–water partition coefficient (Wildman–Crippen LogP) is 3.80. The highest BCUT2D eigenvalue weighted by Gasteiger charge is 2.02. The molecule has 4 heteroatoms. The Hall–Kier alpha value is -1.83. The molecule has 0 saturated carbocycles. The van der Waals surface area contributed by atoms with Gasteiger partial charge in [-0.1, -0.05) is 34.1 Å². The average molecular weight is 318 g/mol. The Labute approximate surface area is 120 Å². The normalized spacial score (nSPS) is 9.95. The highest BCUT2D eigenvalue weighted by molar-refractivity contribution is 9.10. The van der Waals surface area contributed by atoms with E-state index in [1.165, 1.54) is 0 Å². The van der Waals surface area contributed by atoms with Crippen LogP contribution in [0, 0.1) is 11.3 Å². The minimum atomic E-state index is -0.0102. The van der Waals surface area contributed by atoms with Gasteiger partial charge in [-0.15, -0.1) is 0 Å². The predicted molar refractivity (Wildman–Crippen MR) is 75.9 cm³/mol. The van der Waals surface area contributed by atoms with Gasteiger partial charge in [0.2, 0.25) is 0 Å². The van der Waals surface area contributed by atoms with Crippen molar-refractivity contribution in [2.45, 2.75) is 13.0 Å². The van der Waals surface area contributed by atoms with Crippen molar-refractivity contribution in [3.05, 3.63) is 58.1 Å². The number of aliphatic hydroxyl groups excluding tert-OH is 1. The van der Waals surface area contributed by atoms with Gasteiger partial charge in [0.25, 0.3) is 0 Å². The van der Waals surface area contributed by atoms with Crippen LogP contribution >= 0.6 is 15.9 Å². The Morgan fingerprint density at radius 2 is 1.79 bits per heavy atom. The van der Waals surface area contributed by atoms with E-state index < -0.39 is 0 Å². The first-order valence-corrected chi connectivity index (χ1v) is 6.55. The molecule has 0 aromatic heterocycles. The van der Waals surface area contributed by atoms with Crippen LogP contribution in [0.25, 0.3) is 0 Å². The lowest BCUT2D eigenvalue weighted by atomic mass is 10.1. The van der Waals surface area contributed by atoms with Crippen molar-refractivity contribution in [2.75, 3.05) is 0 Å². The first-order valence-electron chi connectivity index (χ1n) is 5.76. The number of aliphatic hydroxyl groups is 1. The van der Waals surface area contributed by atoms with Gasteiger partial charge in [0.05, 0.1) is 19.1 Å². The molecular formula is C15H12BrNO2. The zero-order valence-electron chi connectivity index (χ0n) is 10.1. The summed E-state index contributed by atoms with van der Waals surface area (Å²) < 4.78 is 6.51. The molecule has 0 aliphatic heterocycles. The molecule has 0 aliphatic rings. The van der Waals surface area contributed by atoms with Crippen molar-refractivity contribution in [3.8, 4) is 17.6 Å². The molecule has 2 aromatic carbocycles. The average Bonchev–Trinajstić information content (AvgIpc) is 2.42. The van der Waals surface area contributed by atoms with Crippen LogP contribution in [0.4, 0.5) is 0 Å². The summed E-state index contributed by atoms with van der Waals surface area (Å²) >= 11 is 3.38. The Morgan fingerprint density at radius 1 is 1.11 bits per heavy atom. The monoisotopic (exact) mass is 317 g/mol. The van der Waals surface area contributed by atoms with Crippen LogP contribution in [0.15, 0.2) is 46.9 Å². The number of ether oxygens (including phenoxy) is 1. The van der Waals surface area contributed by atoms with E-state index in [2.05, 4.69) is 22.0 Å². The molecule has 0 saturated heterocycles. The fourth-order valence-electron chi connectivity index (χ4n) is 1.62. The molecule has 0 spiro atoms. The quantitative estimate of drug-likeness (QED) is 0.933.